The first-order valence-electron chi connectivity index (χ1n) is 5.80. The largest absolute Gasteiger partial charge is 0.394 e. The van der Waals surface area contributed by atoms with Gasteiger partial charge in [0, 0.05) is 38.4 Å². The number of Topliss-reactive ketones (excluding diaryl/α,β-unsaturated/α-hetero) is 3. The summed E-state index contributed by atoms with van der Waals surface area (Å²) < 4.78 is 0. The maximum atomic E-state index is 10.6. The number of hydrogen-bond acceptors (Lipinski definition) is 5. The van der Waals surface area contributed by atoms with E-state index in [2.05, 4.69) is 0 Å². The van der Waals surface area contributed by atoms with Gasteiger partial charge in [-0.25, -0.2) is 0 Å². The van der Waals surface area contributed by atoms with Crippen molar-refractivity contribution in [2.45, 2.75) is 60.7 Å². The Labute approximate surface area is 134 Å². The monoisotopic (exact) mass is 352 g/mol. The molecule has 0 fully saturated rings. The first-order chi connectivity index (χ1) is 7.93. The topological polar surface area (TPSA) is 91.7 Å². The van der Waals surface area contributed by atoms with Crippen LogP contribution in [0.2, 0.25) is 0 Å². The first kappa shape index (κ1) is 27.2. The predicted octanol–water partition coefficient (Wildman–Crippen LogP) is 1.14. The van der Waals surface area contributed by atoms with E-state index < -0.39 is 5.92 Å². The minimum absolute atomic E-state index is 0. The zero-order valence-corrected chi connectivity index (χ0v) is 15.3. The van der Waals surface area contributed by atoms with E-state index in [1.54, 1.807) is 27.7 Å². The van der Waals surface area contributed by atoms with Gasteiger partial charge in [-0.2, -0.15) is 0 Å². The number of carbonyl (C=O) groups excluding carboxylic acids is 3. The van der Waals surface area contributed by atoms with Crippen LogP contribution in [0.5, 0.6) is 0 Å². The summed E-state index contributed by atoms with van der Waals surface area (Å²) in [5, 5.41) is 16.1. The summed E-state index contributed by atoms with van der Waals surface area (Å²) in [5.41, 5.74) is 0. The van der Waals surface area contributed by atoms with Crippen molar-refractivity contribution in [1.29, 1.82) is 0 Å². The van der Waals surface area contributed by atoms with Crippen LogP contribution in [-0.2, 0) is 40.6 Å². The zero-order chi connectivity index (χ0) is 15.5. The van der Waals surface area contributed by atoms with Crippen molar-refractivity contribution in [3.63, 3.8) is 0 Å². The fraction of sp³-hybridized carbons (Fsp3) is 0.769. The predicted molar refractivity (Wildman–Crippen MR) is 70.2 cm³/mol. The Morgan fingerprint density at radius 1 is 0.684 bits per heavy atom. The van der Waals surface area contributed by atoms with E-state index >= 15 is 0 Å². The van der Waals surface area contributed by atoms with Gasteiger partial charge in [0.1, 0.15) is 23.3 Å². The molecular weight excluding hydrogens is 327 g/mol. The molecule has 0 amide bonds. The number of carbonyl (C=O) groups is 3. The van der Waals surface area contributed by atoms with Crippen LogP contribution in [-0.4, -0.2) is 39.8 Å². The molecule has 0 spiro atoms. The molecule has 0 aliphatic carbocycles. The first-order valence-corrected chi connectivity index (χ1v) is 5.80. The van der Waals surface area contributed by atoms with Gasteiger partial charge in [0.2, 0.25) is 0 Å². The summed E-state index contributed by atoms with van der Waals surface area (Å²) in [6.07, 6.45) is -0.333. The van der Waals surface area contributed by atoms with Crippen LogP contribution in [0.15, 0.2) is 0 Å². The second-order valence-electron chi connectivity index (χ2n) is 4.45. The molecule has 6 heteroatoms. The van der Waals surface area contributed by atoms with E-state index in [0.717, 1.165) is 0 Å². The van der Waals surface area contributed by atoms with E-state index in [0.29, 0.717) is 0 Å². The zero-order valence-electron chi connectivity index (χ0n) is 12.9. The molecule has 0 unspecified atom stereocenters. The molecular formula is C13H26O5Zr. The molecule has 2 N–H and O–H groups in total. The van der Waals surface area contributed by atoms with E-state index in [1.807, 2.05) is 0 Å². The van der Waals surface area contributed by atoms with E-state index in [-0.39, 0.29) is 55.8 Å². The minimum Gasteiger partial charge on any atom is -0.394 e. The van der Waals surface area contributed by atoms with E-state index in [1.165, 1.54) is 20.8 Å². The van der Waals surface area contributed by atoms with Gasteiger partial charge in [-0.3, -0.25) is 14.4 Å². The van der Waals surface area contributed by atoms with Gasteiger partial charge < -0.3 is 10.2 Å². The Morgan fingerprint density at radius 2 is 0.789 bits per heavy atom. The van der Waals surface area contributed by atoms with Gasteiger partial charge in [-0.05, 0) is 48.5 Å². The van der Waals surface area contributed by atoms with Gasteiger partial charge in [-0.1, -0.05) is 0 Å². The third kappa shape index (κ3) is 31.9. The molecule has 0 heterocycles. The molecule has 0 bridgehead atoms. The summed E-state index contributed by atoms with van der Waals surface area (Å²) in [5.74, 6) is -2.15. The van der Waals surface area contributed by atoms with Gasteiger partial charge in [-0.15, -0.1) is 0 Å². The number of hydrogen-bond donors (Lipinski definition) is 2. The standard InChI is InChI=1S/C7H10O3.2C3H8O.Zr/c1-4(8)7(5(2)9)6(3)10;2*1-3(2)4;/h7H,1-3H3;2*3-4H,1-2H3;. The summed E-state index contributed by atoms with van der Waals surface area (Å²) in [7, 11) is 0. The molecule has 0 aliphatic rings. The molecule has 0 saturated heterocycles. The van der Waals surface area contributed by atoms with Crippen LogP contribution in [0.1, 0.15) is 48.5 Å². The fourth-order valence-corrected chi connectivity index (χ4v) is 0.859. The molecule has 0 aromatic heterocycles. The Hall–Kier alpha value is -0.187. The maximum absolute atomic E-state index is 10.6. The van der Waals surface area contributed by atoms with Crippen LogP contribution < -0.4 is 0 Å². The van der Waals surface area contributed by atoms with Crippen LogP contribution in [0.25, 0.3) is 0 Å². The SMILES string of the molecule is CC(=O)C(C(C)=O)C(C)=O.CC(C)O.CC(C)O.[Zr]. The van der Waals surface area contributed by atoms with Crippen LogP contribution >= 0.6 is 0 Å². The summed E-state index contributed by atoms with van der Waals surface area (Å²) in [6.45, 7) is 10.6. The normalized spacial score (nSPS) is 8.84. The second-order valence-corrected chi connectivity index (χ2v) is 4.45. The average Bonchev–Trinajstić information content (AvgIpc) is 1.96. The van der Waals surface area contributed by atoms with Crippen molar-refractivity contribution in [1.82, 2.24) is 0 Å². The smallest absolute Gasteiger partial charge is 0.147 e. The van der Waals surface area contributed by atoms with Crippen LogP contribution in [0.4, 0.5) is 0 Å². The third-order valence-electron chi connectivity index (χ3n) is 1.22. The minimum atomic E-state index is -1.03. The van der Waals surface area contributed by atoms with Crippen molar-refractivity contribution < 1.29 is 50.8 Å². The van der Waals surface area contributed by atoms with E-state index in [4.69, 9.17) is 10.2 Å². The number of ketones is 3. The Morgan fingerprint density at radius 3 is 0.789 bits per heavy atom. The molecule has 0 rings (SSSR count). The number of aliphatic hydroxyl groups is 2. The Balaban J connectivity index is -0.000000105. The van der Waals surface area contributed by atoms with Crippen LogP contribution in [0.3, 0.4) is 0 Å². The molecule has 5 nitrogen and oxygen atoms in total. The summed E-state index contributed by atoms with van der Waals surface area (Å²) in [6, 6.07) is 0. The average molecular weight is 354 g/mol. The third-order valence-corrected chi connectivity index (χ3v) is 1.22. The Kier molecular flexibility index (Phi) is 22.7. The molecule has 0 aliphatic heterocycles. The molecule has 19 heavy (non-hydrogen) atoms. The molecule has 0 atom stereocenters. The second kappa shape index (κ2) is 15.9. The van der Waals surface area contributed by atoms with Crippen molar-refractivity contribution in [2.75, 3.05) is 0 Å². The van der Waals surface area contributed by atoms with Gasteiger partial charge in [0.05, 0.1) is 0 Å². The van der Waals surface area contributed by atoms with Gasteiger partial charge in [0.25, 0.3) is 0 Å². The van der Waals surface area contributed by atoms with Gasteiger partial charge in [0.15, 0.2) is 0 Å². The molecule has 0 radical (unpaired) electrons. The molecule has 112 valence electrons. The molecule has 0 aromatic rings. The van der Waals surface area contributed by atoms with Crippen molar-refractivity contribution in [2.24, 2.45) is 5.92 Å². The van der Waals surface area contributed by atoms with Gasteiger partial charge >= 0.3 is 0 Å². The quantitative estimate of drug-likeness (QED) is 0.743. The summed E-state index contributed by atoms with van der Waals surface area (Å²) >= 11 is 0. The van der Waals surface area contributed by atoms with Crippen molar-refractivity contribution in [3.8, 4) is 0 Å². The number of rotatable bonds is 3. The maximum Gasteiger partial charge on any atom is 0.147 e. The van der Waals surface area contributed by atoms with E-state index in [9.17, 15) is 14.4 Å². The van der Waals surface area contributed by atoms with Crippen LogP contribution in [0, 0.1) is 5.92 Å². The van der Waals surface area contributed by atoms with Crippen molar-refractivity contribution in [3.05, 3.63) is 0 Å². The van der Waals surface area contributed by atoms with Crippen molar-refractivity contribution >= 4 is 17.3 Å². The molecule has 0 saturated carbocycles. The Bertz CT molecular complexity index is 217. The number of aliphatic hydroxyl groups excluding tert-OH is 2. The summed E-state index contributed by atoms with van der Waals surface area (Å²) in [4.78, 5) is 31.8. The fourth-order valence-electron chi connectivity index (χ4n) is 0.859. The molecule has 0 aromatic carbocycles.